The number of carbonyl (C=O) groups excluding carboxylic acids is 2. The molecule has 0 spiro atoms. The Kier molecular flexibility index (Phi) is 9.07. The van der Waals surface area contributed by atoms with E-state index in [1.165, 1.54) is 0 Å². The van der Waals surface area contributed by atoms with Crippen LogP contribution in [-0.2, 0) is 14.3 Å². The van der Waals surface area contributed by atoms with Crippen LogP contribution in [-0.4, -0.2) is 86.7 Å². The van der Waals surface area contributed by atoms with E-state index in [9.17, 15) is 14.7 Å². The largest absolute Gasteiger partial charge is 0.507 e. The second kappa shape index (κ2) is 12.5. The van der Waals surface area contributed by atoms with Crippen molar-refractivity contribution in [3.05, 3.63) is 64.7 Å². The number of benzene rings is 2. The lowest BCUT2D eigenvalue weighted by Crippen LogP contribution is -2.38. The van der Waals surface area contributed by atoms with Crippen LogP contribution >= 0.6 is 0 Å². The first-order valence-electron chi connectivity index (χ1n) is 13.4. The standard InChI is InChI=1S/C30H39N3O5/c1-5-17-38-25-12-9-23(20-21(25)2)28(34)26-27(22-7-10-24(11-8-22)31(3)4)33(30(36)29(26)35)14-6-13-32-15-18-37-19-16-32/h7-12,20,27,34H,5-6,13-19H2,1-4H3/b28-26+. The van der Waals surface area contributed by atoms with Gasteiger partial charge in [-0.25, -0.2) is 0 Å². The number of aliphatic hydroxyl groups is 1. The molecule has 0 bridgehead atoms. The van der Waals surface area contributed by atoms with Crippen LogP contribution in [0, 0.1) is 6.92 Å². The highest BCUT2D eigenvalue weighted by molar-refractivity contribution is 6.46. The van der Waals surface area contributed by atoms with Gasteiger partial charge in [-0.1, -0.05) is 19.1 Å². The number of nitrogens with zero attached hydrogens (tertiary/aromatic N) is 3. The van der Waals surface area contributed by atoms with E-state index >= 15 is 0 Å². The molecule has 1 amide bonds. The van der Waals surface area contributed by atoms with Gasteiger partial charge < -0.3 is 24.4 Å². The molecule has 0 aromatic heterocycles. The lowest BCUT2D eigenvalue weighted by molar-refractivity contribution is -0.140. The van der Waals surface area contributed by atoms with Gasteiger partial charge in [-0.3, -0.25) is 14.5 Å². The Morgan fingerprint density at radius 3 is 2.42 bits per heavy atom. The second-order valence-corrected chi connectivity index (χ2v) is 10.1. The van der Waals surface area contributed by atoms with Gasteiger partial charge in [-0.05, 0) is 61.2 Å². The average molecular weight is 522 g/mol. The van der Waals surface area contributed by atoms with E-state index < -0.39 is 17.7 Å². The van der Waals surface area contributed by atoms with Crippen LogP contribution < -0.4 is 9.64 Å². The predicted molar refractivity (Wildman–Crippen MR) is 149 cm³/mol. The zero-order chi connectivity index (χ0) is 27.2. The van der Waals surface area contributed by atoms with Gasteiger partial charge in [-0.15, -0.1) is 0 Å². The molecular formula is C30H39N3O5. The van der Waals surface area contributed by atoms with E-state index in [2.05, 4.69) is 4.90 Å². The van der Waals surface area contributed by atoms with Crippen molar-refractivity contribution in [1.29, 1.82) is 0 Å². The second-order valence-electron chi connectivity index (χ2n) is 10.1. The first-order chi connectivity index (χ1) is 18.3. The minimum Gasteiger partial charge on any atom is -0.507 e. The third kappa shape index (κ3) is 6.03. The molecule has 2 aliphatic rings. The van der Waals surface area contributed by atoms with Crippen LogP contribution in [0.5, 0.6) is 5.75 Å². The van der Waals surface area contributed by atoms with Crippen LogP contribution in [0.4, 0.5) is 5.69 Å². The van der Waals surface area contributed by atoms with Gasteiger partial charge in [-0.2, -0.15) is 0 Å². The normalized spacial score (nSPS) is 19.7. The third-order valence-corrected chi connectivity index (χ3v) is 7.15. The number of carbonyl (C=O) groups is 2. The van der Waals surface area contributed by atoms with E-state index in [0.29, 0.717) is 31.9 Å². The molecule has 0 radical (unpaired) electrons. The number of amides is 1. The summed E-state index contributed by atoms with van der Waals surface area (Å²) in [4.78, 5) is 32.6. The van der Waals surface area contributed by atoms with Crippen molar-refractivity contribution in [2.24, 2.45) is 0 Å². The average Bonchev–Trinajstić information content (AvgIpc) is 3.17. The van der Waals surface area contributed by atoms with Crippen molar-refractivity contribution in [3.8, 4) is 5.75 Å². The minimum absolute atomic E-state index is 0.126. The molecule has 4 rings (SSSR count). The minimum atomic E-state index is -0.660. The molecule has 8 nitrogen and oxygen atoms in total. The summed E-state index contributed by atoms with van der Waals surface area (Å²) in [6.45, 7) is 8.94. The fourth-order valence-electron chi connectivity index (χ4n) is 5.03. The first-order valence-corrected chi connectivity index (χ1v) is 13.4. The number of ketones is 1. The number of aryl methyl sites for hydroxylation is 1. The lowest BCUT2D eigenvalue weighted by atomic mass is 9.94. The van der Waals surface area contributed by atoms with E-state index in [1.54, 1.807) is 23.1 Å². The Morgan fingerprint density at radius 2 is 1.79 bits per heavy atom. The Bertz CT molecular complexity index is 1170. The van der Waals surface area contributed by atoms with Gasteiger partial charge in [0.15, 0.2) is 0 Å². The van der Waals surface area contributed by atoms with E-state index in [-0.39, 0.29) is 11.3 Å². The van der Waals surface area contributed by atoms with Gasteiger partial charge in [0.25, 0.3) is 11.7 Å². The summed E-state index contributed by atoms with van der Waals surface area (Å²) < 4.78 is 11.2. The highest BCUT2D eigenvalue weighted by Crippen LogP contribution is 2.40. The quantitative estimate of drug-likeness (QED) is 0.288. The number of aliphatic hydroxyl groups excluding tert-OH is 1. The highest BCUT2D eigenvalue weighted by Gasteiger charge is 2.45. The summed E-state index contributed by atoms with van der Waals surface area (Å²) in [5.74, 6) is -0.650. The molecule has 2 aromatic carbocycles. The molecule has 0 saturated carbocycles. The number of ether oxygens (including phenoxy) is 2. The third-order valence-electron chi connectivity index (χ3n) is 7.15. The molecule has 2 aromatic rings. The number of morpholine rings is 1. The van der Waals surface area contributed by atoms with E-state index in [0.717, 1.165) is 55.0 Å². The lowest BCUT2D eigenvalue weighted by Gasteiger charge is -2.29. The zero-order valence-electron chi connectivity index (χ0n) is 22.9. The monoisotopic (exact) mass is 521 g/mol. The van der Waals surface area contributed by atoms with Crippen molar-refractivity contribution >= 4 is 23.1 Å². The Hall–Kier alpha value is -3.36. The van der Waals surface area contributed by atoms with Gasteiger partial charge in [0.05, 0.1) is 31.4 Å². The molecule has 2 saturated heterocycles. The Morgan fingerprint density at radius 1 is 1.08 bits per heavy atom. The van der Waals surface area contributed by atoms with Crippen LogP contribution in [0.15, 0.2) is 48.0 Å². The summed E-state index contributed by atoms with van der Waals surface area (Å²) in [7, 11) is 3.92. The first kappa shape index (κ1) is 27.7. The summed E-state index contributed by atoms with van der Waals surface area (Å²) in [5, 5.41) is 11.4. The fraction of sp³-hybridized carbons (Fsp3) is 0.467. The van der Waals surface area contributed by atoms with Crippen LogP contribution in [0.2, 0.25) is 0 Å². The molecule has 8 heteroatoms. The summed E-state index contributed by atoms with van der Waals surface area (Å²) in [6, 6.07) is 12.5. The topological polar surface area (TPSA) is 82.5 Å². The predicted octanol–water partition coefficient (Wildman–Crippen LogP) is 3.99. The maximum absolute atomic E-state index is 13.4. The molecule has 204 valence electrons. The van der Waals surface area contributed by atoms with Crippen molar-refractivity contribution in [2.45, 2.75) is 32.7 Å². The summed E-state index contributed by atoms with van der Waals surface area (Å²) in [5.41, 5.74) is 3.28. The van der Waals surface area contributed by atoms with Crippen molar-refractivity contribution in [1.82, 2.24) is 9.80 Å². The van der Waals surface area contributed by atoms with Gasteiger partial charge >= 0.3 is 0 Å². The number of hydrogen-bond acceptors (Lipinski definition) is 7. The fourth-order valence-corrected chi connectivity index (χ4v) is 5.03. The SMILES string of the molecule is CCCOc1ccc(/C(O)=C2\C(=O)C(=O)N(CCCN3CCOCC3)C2c2ccc(N(C)C)cc2)cc1C. The van der Waals surface area contributed by atoms with Crippen LogP contribution in [0.3, 0.4) is 0 Å². The van der Waals surface area contributed by atoms with Gasteiger partial charge in [0.2, 0.25) is 0 Å². The summed E-state index contributed by atoms with van der Waals surface area (Å²) >= 11 is 0. The number of Topliss-reactive ketones (excluding diaryl/α,β-unsaturated/α-hetero) is 1. The number of anilines is 1. The molecule has 2 aliphatic heterocycles. The molecule has 38 heavy (non-hydrogen) atoms. The molecule has 2 heterocycles. The highest BCUT2D eigenvalue weighted by atomic mass is 16.5. The number of likely N-dealkylation sites (tertiary alicyclic amines) is 1. The molecule has 2 fully saturated rings. The van der Waals surface area contributed by atoms with E-state index in [1.807, 2.05) is 57.1 Å². The molecule has 1 N–H and O–H groups in total. The Labute approximate surface area is 225 Å². The molecular weight excluding hydrogens is 482 g/mol. The van der Waals surface area contributed by atoms with Crippen LogP contribution in [0.1, 0.15) is 42.5 Å². The van der Waals surface area contributed by atoms with Crippen molar-refractivity contribution < 1.29 is 24.2 Å². The van der Waals surface area contributed by atoms with Crippen molar-refractivity contribution in [2.75, 3.05) is 65.0 Å². The van der Waals surface area contributed by atoms with E-state index in [4.69, 9.17) is 9.47 Å². The summed E-state index contributed by atoms with van der Waals surface area (Å²) in [6.07, 6.45) is 1.62. The molecule has 0 aliphatic carbocycles. The Balaban J connectivity index is 1.68. The number of hydrogen-bond donors (Lipinski definition) is 1. The zero-order valence-corrected chi connectivity index (χ0v) is 22.9. The van der Waals surface area contributed by atoms with Crippen LogP contribution in [0.25, 0.3) is 5.76 Å². The maximum Gasteiger partial charge on any atom is 0.295 e. The van der Waals surface area contributed by atoms with Crippen molar-refractivity contribution in [3.63, 3.8) is 0 Å². The molecule has 1 atom stereocenters. The maximum atomic E-state index is 13.4. The van der Waals surface area contributed by atoms with Gasteiger partial charge in [0.1, 0.15) is 11.5 Å². The van der Waals surface area contributed by atoms with Gasteiger partial charge in [0, 0.05) is 51.5 Å². The number of rotatable bonds is 10. The molecule has 1 unspecified atom stereocenters. The smallest absolute Gasteiger partial charge is 0.295 e.